The zero-order valence-corrected chi connectivity index (χ0v) is 11.0. The number of sulfonamides is 1. The molecule has 8 heteroatoms. The van der Waals surface area contributed by atoms with Crippen LogP contribution in [0.3, 0.4) is 0 Å². The lowest BCUT2D eigenvalue weighted by Crippen LogP contribution is -2.41. The van der Waals surface area contributed by atoms with Crippen molar-refractivity contribution in [1.29, 1.82) is 0 Å². The predicted molar refractivity (Wildman–Crippen MR) is 71.5 cm³/mol. The van der Waals surface area contributed by atoms with Gasteiger partial charge < -0.3 is 5.32 Å². The number of nitrogens with zero attached hydrogens (tertiary/aromatic N) is 1. The van der Waals surface area contributed by atoms with E-state index in [1.165, 1.54) is 24.3 Å². The number of piperidine rings is 1. The number of hydrogen-bond donors (Lipinski definition) is 2. The molecule has 0 saturated carbocycles. The second-order valence-electron chi connectivity index (χ2n) is 4.42. The molecule has 0 radical (unpaired) electrons. The predicted octanol–water partition coefficient (Wildman–Crippen LogP) is 1.09. The van der Waals surface area contributed by atoms with Crippen LogP contribution < -0.4 is 10.0 Å². The Labute approximate surface area is 111 Å². The first-order chi connectivity index (χ1) is 8.99. The van der Waals surface area contributed by atoms with Crippen LogP contribution in [0.5, 0.6) is 0 Å². The van der Waals surface area contributed by atoms with Gasteiger partial charge in [-0.05, 0) is 31.5 Å². The normalized spacial score (nSPS) is 19.9. The second kappa shape index (κ2) is 5.54. The molecule has 1 heterocycles. The van der Waals surface area contributed by atoms with Gasteiger partial charge in [-0.25, -0.2) is 8.42 Å². The third-order valence-corrected chi connectivity index (χ3v) is 4.83. The number of anilines is 1. The van der Waals surface area contributed by atoms with E-state index in [2.05, 4.69) is 10.0 Å². The lowest BCUT2D eigenvalue weighted by atomic mass is 10.2. The molecule has 1 aromatic rings. The third kappa shape index (κ3) is 3.42. The van der Waals surface area contributed by atoms with E-state index in [9.17, 15) is 18.5 Å². The molecule has 1 atom stereocenters. The van der Waals surface area contributed by atoms with Crippen LogP contribution >= 0.6 is 0 Å². The van der Waals surface area contributed by atoms with Crippen molar-refractivity contribution in [2.75, 3.05) is 17.8 Å². The van der Waals surface area contributed by atoms with Crippen molar-refractivity contribution in [3.05, 3.63) is 34.4 Å². The van der Waals surface area contributed by atoms with Gasteiger partial charge in [0.25, 0.3) is 5.69 Å². The van der Waals surface area contributed by atoms with E-state index in [4.69, 9.17) is 0 Å². The van der Waals surface area contributed by atoms with Crippen LogP contribution in [0.25, 0.3) is 0 Å². The molecule has 1 aliphatic rings. The van der Waals surface area contributed by atoms with E-state index < -0.39 is 20.2 Å². The van der Waals surface area contributed by atoms with Crippen LogP contribution in [-0.4, -0.2) is 31.7 Å². The molecule has 0 bridgehead atoms. The highest BCUT2D eigenvalue weighted by Crippen LogP contribution is 2.19. The Bertz CT molecular complexity index is 550. The first-order valence-electron chi connectivity index (χ1n) is 5.96. The van der Waals surface area contributed by atoms with Crippen LogP contribution in [-0.2, 0) is 10.0 Å². The maximum atomic E-state index is 12.1. The molecular formula is C11H15N3O4S. The fraction of sp³-hybridized carbons (Fsp3) is 0.455. The van der Waals surface area contributed by atoms with Gasteiger partial charge in [-0.15, -0.1) is 0 Å². The van der Waals surface area contributed by atoms with Crippen molar-refractivity contribution >= 4 is 21.4 Å². The van der Waals surface area contributed by atoms with Gasteiger partial charge in [0, 0.05) is 24.4 Å². The van der Waals surface area contributed by atoms with E-state index in [1.54, 1.807) is 0 Å². The summed E-state index contributed by atoms with van der Waals surface area (Å²) in [5.74, 6) is 0. The molecule has 0 amide bonds. The zero-order valence-electron chi connectivity index (χ0n) is 10.2. The summed E-state index contributed by atoms with van der Waals surface area (Å²) in [6.07, 6.45) is 1.45. The van der Waals surface area contributed by atoms with Gasteiger partial charge in [-0.1, -0.05) is 0 Å². The Hall–Kier alpha value is -1.67. The average Bonchev–Trinajstić information content (AvgIpc) is 2.40. The molecule has 0 aliphatic carbocycles. The second-order valence-corrected chi connectivity index (χ2v) is 6.38. The van der Waals surface area contributed by atoms with Crippen LogP contribution in [0.1, 0.15) is 12.8 Å². The quantitative estimate of drug-likeness (QED) is 0.637. The minimum absolute atomic E-state index is 0.0673. The number of nitro groups is 1. The topological polar surface area (TPSA) is 101 Å². The number of nitro benzene ring substituents is 1. The van der Waals surface area contributed by atoms with E-state index in [0.29, 0.717) is 18.7 Å². The molecule has 19 heavy (non-hydrogen) atoms. The van der Waals surface area contributed by atoms with Crippen molar-refractivity contribution < 1.29 is 13.3 Å². The van der Waals surface area contributed by atoms with E-state index in [0.717, 1.165) is 13.0 Å². The minimum atomic E-state index is -3.45. The molecule has 1 fully saturated rings. The van der Waals surface area contributed by atoms with E-state index >= 15 is 0 Å². The summed E-state index contributed by atoms with van der Waals surface area (Å²) < 4.78 is 26.6. The number of hydrogen-bond acceptors (Lipinski definition) is 5. The van der Waals surface area contributed by atoms with Crippen LogP contribution in [0.4, 0.5) is 11.4 Å². The highest BCUT2D eigenvalue weighted by Gasteiger charge is 2.27. The smallest absolute Gasteiger partial charge is 0.269 e. The maximum Gasteiger partial charge on any atom is 0.269 e. The van der Waals surface area contributed by atoms with Gasteiger partial charge in [0.05, 0.1) is 10.2 Å². The number of rotatable bonds is 4. The van der Waals surface area contributed by atoms with Crippen molar-refractivity contribution in [2.45, 2.75) is 18.1 Å². The summed E-state index contributed by atoms with van der Waals surface area (Å²) >= 11 is 0. The van der Waals surface area contributed by atoms with Gasteiger partial charge in [0.1, 0.15) is 0 Å². The fourth-order valence-corrected chi connectivity index (χ4v) is 3.43. The van der Waals surface area contributed by atoms with Crippen molar-refractivity contribution in [2.24, 2.45) is 0 Å². The molecule has 2 rings (SSSR count). The van der Waals surface area contributed by atoms with Crippen molar-refractivity contribution in [3.8, 4) is 0 Å². The highest BCUT2D eigenvalue weighted by atomic mass is 32.2. The molecule has 7 nitrogen and oxygen atoms in total. The first kappa shape index (κ1) is 13.8. The molecule has 0 spiro atoms. The standard InChI is InChI=1S/C11H15N3O4S/c15-14(16)10-5-3-9(4-6-10)13-19(17,18)11-2-1-7-12-8-11/h3-6,11-13H,1-2,7-8H2. The fourth-order valence-electron chi connectivity index (χ4n) is 1.98. The summed E-state index contributed by atoms with van der Waals surface area (Å²) in [7, 11) is -3.45. The monoisotopic (exact) mass is 285 g/mol. The Morgan fingerprint density at radius 3 is 2.53 bits per heavy atom. The Morgan fingerprint density at radius 2 is 2.00 bits per heavy atom. The Morgan fingerprint density at radius 1 is 1.32 bits per heavy atom. The first-order valence-corrected chi connectivity index (χ1v) is 7.50. The molecule has 0 aromatic heterocycles. The zero-order chi connectivity index (χ0) is 13.9. The van der Waals surface area contributed by atoms with Crippen LogP contribution in [0, 0.1) is 10.1 Å². The number of nitrogens with one attached hydrogen (secondary N) is 2. The van der Waals surface area contributed by atoms with Gasteiger partial charge in [0.2, 0.25) is 10.0 Å². The summed E-state index contributed by atoms with van der Waals surface area (Å²) in [6.45, 7) is 1.27. The molecule has 1 aliphatic heterocycles. The summed E-state index contributed by atoms with van der Waals surface area (Å²) in [5, 5.41) is 13.1. The lowest BCUT2D eigenvalue weighted by molar-refractivity contribution is -0.384. The van der Waals surface area contributed by atoms with Gasteiger partial charge in [-0.2, -0.15) is 0 Å². The summed E-state index contributed by atoms with van der Waals surface area (Å²) in [5.41, 5.74) is 0.276. The SMILES string of the molecule is O=[N+]([O-])c1ccc(NS(=O)(=O)C2CCCNC2)cc1. The highest BCUT2D eigenvalue weighted by molar-refractivity contribution is 7.93. The molecular weight excluding hydrogens is 270 g/mol. The molecule has 1 saturated heterocycles. The van der Waals surface area contributed by atoms with Crippen molar-refractivity contribution in [3.63, 3.8) is 0 Å². The Balaban J connectivity index is 2.09. The van der Waals surface area contributed by atoms with Gasteiger partial charge in [-0.3, -0.25) is 14.8 Å². The molecule has 1 unspecified atom stereocenters. The van der Waals surface area contributed by atoms with Crippen LogP contribution in [0.2, 0.25) is 0 Å². The minimum Gasteiger partial charge on any atom is -0.315 e. The largest absolute Gasteiger partial charge is 0.315 e. The average molecular weight is 285 g/mol. The molecule has 1 aromatic carbocycles. The van der Waals surface area contributed by atoms with Gasteiger partial charge >= 0.3 is 0 Å². The number of benzene rings is 1. The number of non-ortho nitro benzene ring substituents is 1. The third-order valence-electron chi connectivity index (χ3n) is 3.03. The van der Waals surface area contributed by atoms with Crippen LogP contribution in [0.15, 0.2) is 24.3 Å². The summed E-state index contributed by atoms with van der Waals surface area (Å²) in [4.78, 5) is 9.98. The van der Waals surface area contributed by atoms with E-state index in [1.807, 2.05) is 0 Å². The van der Waals surface area contributed by atoms with Gasteiger partial charge in [0.15, 0.2) is 0 Å². The molecule has 104 valence electrons. The maximum absolute atomic E-state index is 12.1. The van der Waals surface area contributed by atoms with E-state index in [-0.39, 0.29) is 5.69 Å². The Kier molecular flexibility index (Phi) is 4.01. The molecule has 2 N–H and O–H groups in total. The summed E-state index contributed by atoms with van der Waals surface area (Å²) in [6, 6.07) is 5.34. The van der Waals surface area contributed by atoms with Crippen molar-refractivity contribution in [1.82, 2.24) is 5.32 Å². The lowest BCUT2D eigenvalue weighted by Gasteiger charge is -2.23.